The second-order valence-electron chi connectivity index (χ2n) is 4.49. The van der Waals surface area contributed by atoms with Crippen LogP contribution < -0.4 is 0 Å². The smallest absolute Gasteiger partial charge is 0.157 e. The molecule has 98 valence electrons. The molecule has 3 aromatic rings. The van der Waals surface area contributed by atoms with Crippen molar-refractivity contribution in [1.29, 1.82) is 0 Å². The monoisotopic (exact) mass is 263 g/mol. The summed E-state index contributed by atoms with van der Waals surface area (Å²) < 4.78 is 1.77. The number of nitrogens with zero attached hydrogens (tertiary/aromatic N) is 3. The van der Waals surface area contributed by atoms with E-state index in [0.717, 1.165) is 16.9 Å². The van der Waals surface area contributed by atoms with Crippen LogP contribution in [-0.4, -0.2) is 9.78 Å². The number of nitroso groups, excluding NO2 is 1. The highest BCUT2D eigenvalue weighted by Gasteiger charge is 2.18. The second kappa shape index (κ2) is 5.09. The lowest BCUT2D eigenvalue weighted by molar-refractivity contribution is 0.869. The summed E-state index contributed by atoms with van der Waals surface area (Å²) in [6.07, 6.45) is 0. The minimum atomic E-state index is 0.389. The number of rotatable bonds is 3. The van der Waals surface area contributed by atoms with Crippen molar-refractivity contribution in [2.75, 3.05) is 0 Å². The standard InChI is InChI=1S/C16H13N3O/c1-12-15(18-20)16(13-8-4-2-5-9-13)19(17-12)14-10-6-3-7-11-14/h2-11H,1H3. The predicted molar refractivity (Wildman–Crippen MR) is 79.2 cm³/mol. The van der Waals surface area contributed by atoms with E-state index < -0.39 is 0 Å². The van der Waals surface area contributed by atoms with Crippen LogP contribution in [0, 0.1) is 11.8 Å². The van der Waals surface area contributed by atoms with Crippen molar-refractivity contribution in [1.82, 2.24) is 9.78 Å². The lowest BCUT2D eigenvalue weighted by atomic mass is 10.1. The lowest BCUT2D eigenvalue weighted by Gasteiger charge is -2.07. The van der Waals surface area contributed by atoms with Crippen LogP contribution in [0.2, 0.25) is 0 Å². The quantitative estimate of drug-likeness (QED) is 0.663. The van der Waals surface area contributed by atoms with Crippen LogP contribution in [0.25, 0.3) is 16.9 Å². The Labute approximate surface area is 116 Å². The number of hydrogen-bond donors (Lipinski definition) is 0. The molecule has 0 atom stereocenters. The van der Waals surface area contributed by atoms with E-state index in [1.54, 1.807) is 11.6 Å². The first kappa shape index (κ1) is 12.3. The predicted octanol–water partition coefficient (Wildman–Crippen LogP) is 4.25. The highest BCUT2D eigenvalue weighted by atomic mass is 16.3. The summed E-state index contributed by atoms with van der Waals surface area (Å²) in [5, 5.41) is 7.61. The topological polar surface area (TPSA) is 47.2 Å². The molecule has 2 aromatic carbocycles. The van der Waals surface area contributed by atoms with E-state index >= 15 is 0 Å². The fourth-order valence-electron chi connectivity index (χ4n) is 2.24. The van der Waals surface area contributed by atoms with E-state index in [2.05, 4.69) is 10.3 Å². The third-order valence-electron chi connectivity index (χ3n) is 3.17. The van der Waals surface area contributed by atoms with Gasteiger partial charge in [-0.1, -0.05) is 48.5 Å². The molecule has 20 heavy (non-hydrogen) atoms. The number of aryl methyl sites for hydroxylation is 1. The van der Waals surface area contributed by atoms with Gasteiger partial charge in [0.15, 0.2) is 5.69 Å². The van der Waals surface area contributed by atoms with Gasteiger partial charge in [-0.3, -0.25) is 0 Å². The summed E-state index contributed by atoms with van der Waals surface area (Å²) in [5.41, 5.74) is 3.57. The molecule has 0 aliphatic heterocycles. The Morgan fingerprint density at radius 3 is 2.15 bits per heavy atom. The summed E-state index contributed by atoms with van der Waals surface area (Å²) in [6, 6.07) is 19.4. The summed E-state index contributed by atoms with van der Waals surface area (Å²) in [4.78, 5) is 11.2. The number of hydrogen-bond acceptors (Lipinski definition) is 3. The molecule has 0 fully saturated rings. The molecule has 0 saturated carbocycles. The highest BCUT2D eigenvalue weighted by molar-refractivity contribution is 5.75. The first-order chi connectivity index (χ1) is 9.81. The van der Waals surface area contributed by atoms with Gasteiger partial charge in [-0.2, -0.15) is 5.10 Å². The van der Waals surface area contributed by atoms with Crippen molar-refractivity contribution in [2.45, 2.75) is 6.92 Å². The zero-order chi connectivity index (χ0) is 13.9. The number of benzene rings is 2. The van der Waals surface area contributed by atoms with Crippen LogP contribution in [0.4, 0.5) is 5.69 Å². The molecule has 4 heteroatoms. The maximum atomic E-state index is 11.2. The molecule has 4 nitrogen and oxygen atoms in total. The van der Waals surface area contributed by atoms with Gasteiger partial charge in [0, 0.05) is 5.56 Å². The second-order valence-corrected chi connectivity index (χ2v) is 4.49. The maximum absolute atomic E-state index is 11.2. The van der Waals surface area contributed by atoms with Gasteiger partial charge in [-0.15, -0.1) is 4.91 Å². The van der Waals surface area contributed by atoms with Crippen molar-refractivity contribution in [3.05, 3.63) is 71.3 Å². The summed E-state index contributed by atoms with van der Waals surface area (Å²) in [5.74, 6) is 0. The molecule has 1 heterocycles. The summed E-state index contributed by atoms with van der Waals surface area (Å²) in [6.45, 7) is 1.79. The molecule has 0 radical (unpaired) electrons. The molecule has 0 bridgehead atoms. The van der Waals surface area contributed by atoms with Gasteiger partial charge in [0.2, 0.25) is 0 Å². The van der Waals surface area contributed by atoms with Crippen LogP contribution in [0.3, 0.4) is 0 Å². The number of aromatic nitrogens is 2. The van der Waals surface area contributed by atoms with E-state index in [1.807, 2.05) is 60.7 Å². The van der Waals surface area contributed by atoms with E-state index in [1.165, 1.54) is 0 Å². The minimum Gasteiger partial charge on any atom is -0.230 e. The molecule has 1 aromatic heterocycles. The Kier molecular flexibility index (Phi) is 3.13. The molecule has 0 spiro atoms. The largest absolute Gasteiger partial charge is 0.230 e. The Bertz CT molecular complexity index is 733. The van der Waals surface area contributed by atoms with Crippen molar-refractivity contribution >= 4 is 5.69 Å². The Morgan fingerprint density at radius 1 is 0.950 bits per heavy atom. The summed E-state index contributed by atoms with van der Waals surface area (Å²) >= 11 is 0. The van der Waals surface area contributed by atoms with Gasteiger partial charge in [0.1, 0.15) is 5.69 Å². The highest BCUT2D eigenvalue weighted by Crippen LogP contribution is 2.34. The zero-order valence-electron chi connectivity index (χ0n) is 11.0. The van der Waals surface area contributed by atoms with Crippen LogP contribution >= 0.6 is 0 Å². The summed E-state index contributed by atoms with van der Waals surface area (Å²) in [7, 11) is 0. The molecule has 0 saturated heterocycles. The van der Waals surface area contributed by atoms with Crippen LogP contribution in [-0.2, 0) is 0 Å². The number of para-hydroxylation sites is 1. The van der Waals surface area contributed by atoms with Gasteiger partial charge < -0.3 is 0 Å². The fraction of sp³-hybridized carbons (Fsp3) is 0.0625. The maximum Gasteiger partial charge on any atom is 0.157 e. The fourth-order valence-corrected chi connectivity index (χ4v) is 2.24. The molecular weight excluding hydrogens is 250 g/mol. The van der Waals surface area contributed by atoms with E-state index in [9.17, 15) is 4.91 Å². The Morgan fingerprint density at radius 2 is 1.55 bits per heavy atom. The van der Waals surface area contributed by atoms with Gasteiger partial charge in [-0.25, -0.2) is 4.68 Å². The van der Waals surface area contributed by atoms with Gasteiger partial charge >= 0.3 is 0 Å². The van der Waals surface area contributed by atoms with Crippen LogP contribution in [0.1, 0.15) is 5.69 Å². The van der Waals surface area contributed by atoms with Crippen LogP contribution in [0.5, 0.6) is 0 Å². The lowest BCUT2D eigenvalue weighted by Crippen LogP contribution is -1.98. The zero-order valence-corrected chi connectivity index (χ0v) is 11.0. The van der Waals surface area contributed by atoms with E-state index in [0.29, 0.717) is 11.4 Å². The van der Waals surface area contributed by atoms with Gasteiger partial charge in [0.25, 0.3) is 0 Å². The van der Waals surface area contributed by atoms with Crippen molar-refractivity contribution in [3.8, 4) is 16.9 Å². The normalized spacial score (nSPS) is 10.4. The Hall–Kier alpha value is -2.75. The minimum absolute atomic E-state index is 0.389. The molecule has 3 rings (SSSR count). The first-order valence-electron chi connectivity index (χ1n) is 6.35. The molecule has 0 N–H and O–H groups in total. The third-order valence-corrected chi connectivity index (χ3v) is 3.17. The average molecular weight is 263 g/mol. The van der Waals surface area contributed by atoms with Gasteiger partial charge in [0.05, 0.1) is 11.4 Å². The third kappa shape index (κ3) is 2.01. The molecule has 0 aliphatic carbocycles. The van der Waals surface area contributed by atoms with Gasteiger partial charge in [-0.05, 0) is 24.2 Å². The van der Waals surface area contributed by atoms with Crippen molar-refractivity contribution < 1.29 is 0 Å². The average Bonchev–Trinajstić information content (AvgIpc) is 2.85. The SMILES string of the molecule is Cc1nn(-c2ccccc2)c(-c2ccccc2)c1N=O. The molecule has 0 unspecified atom stereocenters. The van der Waals surface area contributed by atoms with E-state index in [-0.39, 0.29) is 0 Å². The first-order valence-corrected chi connectivity index (χ1v) is 6.35. The van der Waals surface area contributed by atoms with Crippen LogP contribution in [0.15, 0.2) is 65.8 Å². The molecule has 0 amide bonds. The molecular formula is C16H13N3O. The molecule has 0 aliphatic rings. The van der Waals surface area contributed by atoms with Crippen molar-refractivity contribution in [3.63, 3.8) is 0 Å². The van der Waals surface area contributed by atoms with E-state index in [4.69, 9.17) is 0 Å². The Balaban J connectivity index is 2.29. The van der Waals surface area contributed by atoms with Crippen molar-refractivity contribution in [2.24, 2.45) is 5.18 Å².